The lowest BCUT2D eigenvalue weighted by molar-refractivity contribution is -0.0470. The molecule has 1 fully saturated rings. The molecule has 1 aliphatic heterocycles. The van der Waals surface area contributed by atoms with Crippen LogP contribution in [0.3, 0.4) is 0 Å². The fourth-order valence-corrected chi connectivity index (χ4v) is 1.05. The van der Waals surface area contributed by atoms with E-state index in [4.69, 9.17) is 0 Å². The zero-order chi connectivity index (χ0) is 7.56. The minimum absolute atomic E-state index is 0.476. The van der Waals surface area contributed by atoms with Gasteiger partial charge >= 0.3 is 0 Å². The lowest BCUT2D eigenvalue weighted by Gasteiger charge is -2.34. The van der Waals surface area contributed by atoms with Gasteiger partial charge in [-0.05, 0) is 7.05 Å². The van der Waals surface area contributed by atoms with Gasteiger partial charge in [0.05, 0.1) is 6.54 Å². The molecule has 0 spiro atoms. The summed E-state index contributed by atoms with van der Waals surface area (Å²) in [5.41, 5.74) is 0. The van der Waals surface area contributed by atoms with E-state index in [1.165, 1.54) is 0 Å². The van der Waals surface area contributed by atoms with Crippen molar-refractivity contribution in [3.63, 3.8) is 0 Å². The molecule has 1 unspecified atom stereocenters. The van der Waals surface area contributed by atoms with E-state index < -0.39 is 6.23 Å². The highest BCUT2D eigenvalue weighted by Crippen LogP contribution is 2.04. The lowest BCUT2D eigenvalue weighted by atomic mass is 10.3. The molecule has 0 aromatic heterocycles. The molecule has 1 saturated heterocycles. The fraction of sp³-hybridized carbons (Fsp3) is 0.833. The van der Waals surface area contributed by atoms with Gasteiger partial charge in [0, 0.05) is 19.8 Å². The number of piperazine rings is 1. The van der Waals surface area contributed by atoms with Gasteiger partial charge in [-0.1, -0.05) is 0 Å². The molecule has 0 aliphatic carbocycles. The van der Waals surface area contributed by atoms with Gasteiger partial charge in [-0.2, -0.15) is 5.10 Å². The van der Waals surface area contributed by atoms with Crippen molar-refractivity contribution in [1.82, 2.24) is 9.91 Å². The molecule has 1 N–H and O–H groups in total. The van der Waals surface area contributed by atoms with Crippen LogP contribution in [0.4, 0.5) is 0 Å². The molecule has 1 atom stereocenters. The zero-order valence-corrected chi connectivity index (χ0v) is 6.19. The number of nitrogens with zero attached hydrogens (tertiary/aromatic N) is 3. The molecular weight excluding hydrogens is 130 g/mol. The number of likely N-dealkylation sites (N-methyl/N-ethyl adjacent to an activating group) is 1. The highest BCUT2D eigenvalue weighted by atomic mass is 16.3. The second-order valence-corrected chi connectivity index (χ2v) is 2.55. The van der Waals surface area contributed by atoms with Gasteiger partial charge in [0.2, 0.25) is 0 Å². The zero-order valence-electron chi connectivity index (χ0n) is 6.19. The number of aliphatic hydroxyl groups excluding tert-OH is 1. The van der Waals surface area contributed by atoms with Crippen molar-refractivity contribution in [2.24, 2.45) is 5.10 Å². The molecule has 0 bridgehead atoms. The maximum atomic E-state index is 9.29. The predicted octanol–water partition coefficient (Wildman–Crippen LogP) is -0.832. The maximum Gasteiger partial charge on any atom is 0.155 e. The monoisotopic (exact) mass is 143 g/mol. The summed E-state index contributed by atoms with van der Waals surface area (Å²) >= 11 is 0. The maximum absolute atomic E-state index is 9.29. The largest absolute Gasteiger partial charge is 0.371 e. The Morgan fingerprint density at radius 3 is 2.80 bits per heavy atom. The van der Waals surface area contributed by atoms with Crippen LogP contribution in [-0.4, -0.2) is 54.6 Å². The first-order valence-electron chi connectivity index (χ1n) is 3.34. The Bertz CT molecular complexity index is 128. The molecule has 1 heterocycles. The smallest absolute Gasteiger partial charge is 0.155 e. The first-order chi connectivity index (χ1) is 4.74. The summed E-state index contributed by atoms with van der Waals surface area (Å²) < 4.78 is 0. The standard InChI is InChI=1S/C6H13N3O/c1-7-9-4-3-8(2)5-6(9)10/h6,10H,1,3-5H2,2H3. The van der Waals surface area contributed by atoms with Crippen LogP contribution in [0.5, 0.6) is 0 Å². The molecule has 0 aromatic rings. The second kappa shape index (κ2) is 2.98. The normalized spacial score (nSPS) is 28.6. The van der Waals surface area contributed by atoms with Crippen LogP contribution >= 0.6 is 0 Å². The van der Waals surface area contributed by atoms with E-state index in [-0.39, 0.29) is 0 Å². The van der Waals surface area contributed by atoms with E-state index in [0.29, 0.717) is 6.54 Å². The van der Waals surface area contributed by atoms with E-state index in [0.717, 1.165) is 13.1 Å². The second-order valence-electron chi connectivity index (χ2n) is 2.55. The molecule has 58 valence electrons. The van der Waals surface area contributed by atoms with Crippen LogP contribution in [0, 0.1) is 0 Å². The summed E-state index contributed by atoms with van der Waals surface area (Å²) in [6, 6.07) is 0. The van der Waals surface area contributed by atoms with Crippen molar-refractivity contribution in [2.45, 2.75) is 6.23 Å². The van der Waals surface area contributed by atoms with Gasteiger partial charge in [0.1, 0.15) is 0 Å². The fourth-order valence-electron chi connectivity index (χ4n) is 1.05. The lowest BCUT2D eigenvalue weighted by Crippen LogP contribution is -2.49. The van der Waals surface area contributed by atoms with Crippen molar-refractivity contribution in [3.05, 3.63) is 0 Å². The minimum atomic E-state index is -0.476. The Morgan fingerprint density at radius 2 is 2.30 bits per heavy atom. The Kier molecular flexibility index (Phi) is 2.24. The van der Waals surface area contributed by atoms with Crippen LogP contribution in [0.2, 0.25) is 0 Å². The van der Waals surface area contributed by atoms with Crippen molar-refractivity contribution in [3.8, 4) is 0 Å². The van der Waals surface area contributed by atoms with Gasteiger partial charge in [-0.3, -0.25) is 5.01 Å². The van der Waals surface area contributed by atoms with Gasteiger partial charge in [0.15, 0.2) is 6.23 Å². The van der Waals surface area contributed by atoms with E-state index >= 15 is 0 Å². The van der Waals surface area contributed by atoms with E-state index in [1.807, 2.05) is 7.05 Å². The Hall–Kier alpha value is -0.610. The Balaban J connectivity index is 2.43. The molecule has 0 saturated carbocycles. The highest BCUT2D eigenvalue weighted by Gasteiger charge is 2.20. The summed E-state index contributed by atoms with van der Waals surface area (Å²) in [5.74, 6) is 0. The molecular formula is C6H13N3O. The van der Waals surface area contributed by atoms with Gasteiger partial charge < -0.3 is 10.0 Å². The van der Waals surface area contributed by atoms with Crippen molar-refractivity contribution in [2.75, 3.05) is 26.7 Å². The van der Waals surface area contributed by atoms with Crippen LogP contribution < -0.4 is 0 Å². The van der Waals surface area contributed by atoms with E-state index in [1.54, 1.807) is 5.01 Å². The number of β-amino-alcohol motifs (C(OH)–C–C–N with tert-alkyl or cyclic N) is 1. The molecule has 0 amide bonds. The summed E-state index contributed by atoms with van der Waals surface area (Å²) in [7, 11) is 1.98. The first kappa shape index (κ1) is 7.50. The number of rotatable bonds is 1. The third kappa shape index (κ3) is 1.46. The summed E-state index contributed by atoms with van der Waals surface area (Å²) in [6.45, 7) is 5.71. The number of hydrogen-bond acceptors (Lipinski definition) is 4. The van der Waals surface area contributed by atoms with Crippen LogP contribution in [0.15, 0.2) is 5.10 Å². The quantitative estimate of drug-likeness (QED) is 0.487. The summed E-state index contributed by atoms with van der Waals surface area (Å²) in [4.78, 5) is 2.06. The Morgan fingerprint density at radius 1 is 1.60 bits per heavy atom. The molecule has 0 radical (unpaired) electrons. The number of hydrazone groups is 1. The summed E-state index contributed by atoms with van der Waals surface area (Å²) in [6.07, 6.45) is -0.476. The molecule has 0 aromatic carbocycles. The van der Waals surface area contributed by atoms with E-state index in [9.17, 15) is 5.11 Å². The SMILES string of the molecule is C=NN1CCN(C)CC1O. The highest BCUT2D eigenvalue weighted by molar-refractivity contribution is 5.22. The van der Waals surface area contributed by atoms with E-state index in [2.05, 4.69) is 16.7 Å². The van der Waals surface area contributed by atoms with Gasteiger partial charge in [0.25, 0.3) is 0 Å². The topological polar surface area (TPSA) is 39.1 Å². The Labute approximate surface area is 60.7 Å². The van der Waals surface area contributed by atoms with Crippen molar-refractivity contribution in [1.29, 1.82) is 0 Å². The van der Waals surface area contributed by atoms with Crippen molar-refractivity contribution >= 4 is 6.72 Å². The first-order valence-corrected chi connectivity index (χ1v) is 3.34. The molecule has 1 rings (SSSR count). The minimum Gasteiger partial charge on any atom is -0.371 e. The van der Waals surface area contributed by atoms with Crippen LogP contribution in [0.25, 0.3) is 0 Å². The summed E-state index contributed by atoms with van der Waals surface area (Å²) in [5, 5.41) is 14.6. The molecule has 1 aliphatic rings. The third-order valence-corrected chi connectivity index (χ3v) is 1.71. The average Bonchev–Trinajstić information content (AvgIpc) is 1.88. The molecule has 4 nitrogen and oxygen atoms in total. The van der Waals surface area contributed by atoms with Gasteiger partial charge in [-0.15, -0.1) is 0 Å². The average molecular weight is 143 g/mol. The van der Waals surface area contributed by atoms with Crippen LogP contribution in [-0.2, 0) is 0 Å². The number of aliphatic hydroxyl groups is 1. The third-order valence-electron chi connectivity index (χ3n) is 1.71. The van der Waals surface area contributed by atoms with Crippen LogP contribution in [0.1, 0.15) is 0 Å². The van der Waals surface area contributed by atoms with Gasteiger partial charge in [-0.25, -0.2) is 0 Å². The molecule has 4 heteroatoms. The number of hydrogen-bond donors (Lipinski definition) is 1. The predicted molar refractivity (Wildman–Crippen MR) is 39.8 cm³/mol. The molecule has 10 heavy (non-hydrogen) atoms. The van der Waals surface area contributed by atoms with Crippen molar-refractivity contribution < 1.29 is 5.11 Å².